The Morgan fingerprint density at radius 2 is 1.50 bits per heavy atom. The number of epoxide rings is 1. The van der Waals surface area contributed by atoms with Crippen LogP contribution in [0.1, 0.15) is 23.3 Å². The average Bonchev–Trinajstić information content (AvgIpc) is 3.28. The van der Waals surface area contributed by atoms with E-state index in [9.17, 15) is 10.1 Å². The predicted octanol–water partition coefficient (Wildman–Crippen LogP) is 3.42. The third-order valence-electron chi connectivity index (χ3n) is 3.37. The number of ether oxygens (including phenoxy) is 2. The molecule has 1 aliphatic rings. The lowest BCUT2D eigenvalue weighted by Crippen LogP contribution is -1.89. The van der Waals surface area contributed by atoms with Gasteiger partial charge in [-0.25, -0.2) is 0 Å². The molecular formula is C15H13NO4. The molecule has 0 N–H and O–H groups in total. The molecule has 2 atom stereocenters. The first kappa shape index (κ1) is 12.6. The van der Waals surface area contributed by atoms with Gasteiger partial charge in [-0.1, -0.05) is 12.1 Å². The maximum absolute atomic E-state index is 10.6. The summed E-state index contributed by atoms with van der Waals surface area (Å²) in [5.41, 5.74) is 2.13. The molecule has 0 amide bonds. The van der Waals surface area contributed by atoms with E-state index in [0.717, 1.165) is 16.9 Å². The van der Waals surface area contributed by atoms with Gasteiger partial charge in [0.15, 0.2) is 0 Å². The summed E-state index contributed by atoms with van der Waals surface area (Å²) >= 11 is 0. The van der Waals surface area contributed by atoms with Crippen LogP contribution in [0.3, 0.4) is 0 Å². The van der Waals surface area contributed by atoms with Gasteiger partial charge in [0.25, 0.3) is 5.69 Å². The van der Waals surface area contributed by atoms with Crippen molar-refractivity contribution in [3.63, 3.8) is 0 Å². The number of nitrogens with zero attached hydrogens (tertiary/aromatic N) is 1. The largest absolute Gasteiger partial charge is 0.497 e. The van der Waals surface area contributed by atoms with Crippen LogP contribution >= 0.6 is 0 Å². The summed E-state index contributed by atoms with van der Waals surface area (Å²) in [7, 11) is 1.63. The highest BCUT2D eigenvalue weighted by molar-refractivity contribution is 5.38. The highest BCUT2D eigenvalue weighted by Crippen LogP contribution is 2.51. The van der Waals surface area contributed by atoms with Crippen molar-refractivity contribution in [2.45, 2.75) is 12.2 Å². The zero-order valence-electron chi connectivity index (χ0n) is 10.9. The second-order valence-electron chi connectivity index (χ2n) is 4.60. The van der Waals surface area contributed by atoms with Crippen LogP contribution in [-0.2, 0) is 4.74 Å². The number of benzene rings is 2. The highest BCUT2D eigenvalue weighted by Gasteiger charge is 2.41. The van der Waals surface area contributed by atoms with Crippen molar-refractivity contribution >= 4 is 5.69 Å². The Kier molecular flexibility index (Phi) is 3.12. The fourth-order valence-electron chi connectivity index (χ4n) is 2.20. The molecule has 0 radical (unpaired) electrons. The molecule has 1 fully saturated rings. The van der Waals surface area contributed by atoms with E-state index in [2.05, 4.69) is 0 Å². The number of hydrogen-bond acceptors (Lipinski definition) is 4. The van der Waals surface area contributed by atoms with E-state index < -0.39 is 4.92 Å². The summed E-state index contributed by atoms with van der Waals surface area (Å²) in [6.45, 7) is 0. The lowest BCUT2D eigenvalue weighted by Gasteiger charge is -2.00. The number of methoxy groups -OCH3 is 1. The van der Waals surface area contributed by atoms with Gasteiger partial charge in [-0.2, -0.15) is 0 Å². The van der Waals surface area contributed by atoms with Crippen molar-refractivity contribution in [1.82, 2.24) is 0 Å². The Bertz CT molecular complexity index is 621. The molecule has 102 valence electrons. The van der Waals surface area contributed by atoms with Gasteiger partial charge in [0.1, 0.15) is 18.0 Å². The molecule has 1 aliphatic heterocycles. The minimum Gasteiger partial charge on any atom is -0.497 e. The van der Waals surface area contributed by atoms with Crippen molar-refractivity contribution in [3.05, 3.63) is 69.8 Å². The Morgan fingerprint density at radius 3 is 1.95 bits per heavy atom. The summed E-state index contributed by atoms with van der Waals surface area (Å²) in [6.07, 6.45) is -0.00781. The number of hydrogen-bond donors (Lipinski definition) is 0. The van der Waals surface area contributed by atoms with E-state index in [1.807, 2.05) is 24.3 Å². The van der Waals surface area contributed by atoms with Gasteiger partial charge in [-0.3, -0.25) is 10.1 Å². The van der Waals surface area contributed by atoms with Crippen molar-refractivity contribution in [3.8, 4) is 5.75 Å². The molecule has 0 saturated carbocycles. The highest BCUT2D eigenvalue weighted by atomic mass is 16.6. The van der Waals surface area contributed by atoms with Gasteiger partial charge in [-0.05, 0) is 35.4 Å². The van der Waals surface area contributed by atoms with E-state index in [-0.39, 0.29) is 17.9 Å². The van der Waals surface area contributed by atoms with Crippen LogP contribution < -0.4 is 4.74 Å². The summed E-state index contributed by atoms with van der Waals surface area (Å²) < 4.78 is 10.8. The standard InChI is InChI=1S/C15H13NO4/c1-19-13-8-4-11(5-9-13)15-14(20-15)10-2-6-12(7-3-10)16(17)18/h2-9,14-15H,1H3/t14-,15-/m1/s1. The van der Waals surface area contributed by atoms with Crippen LogP contribution in [0.15, 0.2) is 48.5 Å². The summed E-state index contributed by atoms with van der Waals surface area (Å²) in [5, 5.41) is 10.6. The smallest absolute Gasteiger partial charge is 0.269 e. The van der Waals surface area contributed by atoms with Crippen LogP contribution in [0.2, 0.25) is 0 Å². The van der Waals surface area contributed by atoms with Gasteiger partial charge >= 0.3 is 0 Å². The molecular weight excluding hydrogens is 258 g/mol. The Hall–Kier alpha value is -2.40. The second kappa shape index (κ2) is 4.94. The zero-order chi connectivity index (χ0) is 14.1. The molecule has 1 saturated heterocycles. The molecule has 20 heavy (non-hydrogen) atoms. The minimum absolute atomic E-state index is 0.0161. The van der Waals surface area contributed by atoms with Crippen molar-refractivity contribution in [2.75, 3.05) is 7.11 Å². The summed E-state index contributed by atoms with van der Waals surface area (Å²) in [6, 6.07) is 14.2. The molecule has 1 heterocycles. The van der Waals surface area contributed by atoms with Gasteiger partial charge in [0, 0.05) is 12.1 Å². The molecule has 5 heteroatoms. The number of nitro benzene ring substituents is 1. The average molecular weight is 271 g/mol. The third-order valence-corrected chi connectivity index (χ3v) is 3.37. The zero-order valence-corrected chi connectivity index (χ0v) is 10.9. The summed E-state index contributed by atoms with van der Waals surface area (Å²) in [5.74, 6) is 0.807. The molecule has 0 aromatic heterocycles. The fourth-order valence-corrected chi connectivity index (χ4v) is 2.20. The third kappa shape index (κ3) is 2.35. The quantitative estimate of drug-likeness (QED) is 0.485. The van der Waals surface area contributed by atoms with Gasteiger partial charge in [-0.15, -0.1) is 0 Å². The van der Waals surface area contributed by atoms with Crippen LogP contribution in [-0.4, -0.2) is 12.0 Å². The lowest BCUT2D eigenvalue weighted by atomic mass is 10.0. The Morgan fingerprint density at radius 1 is 1.00 bits per heavy atom. The van der Waals surface area contributed by atoms with Crippen LogP contribution in [0, 0.1) is 10.1 Å². The van der Waals surface area contributed by atoms with Gasteiger partial charge in [0.2, 0.25) is 0 Å². The first-order chi connectivity index (χ1) is 9.69. The molecule has 0 spiro atoms. The molecule has 0 bridgehead atoms. The van der Waals surface area contributed by atoms with Crippen molar-refractivity contribution in [2.24, 2.45) is 0 Å². The van der Waals surface area contributed by atoms with Crippen LogP contribution in [0.4, 0.5) is 5.69 Å². The summed E-state index contributed by atoms with van der Waals surface area (Å²) in [4.78, 5) is 10.2. The predicted molar refractivity (Wildman–Crippen MR) is 72.7 cm³/mol. The molecule has 2 aromatic rings. The SMILES string of the molecule is COc1ccc([C@H]2O[C@@H]2c2ccc([N+](=O)[O-])cc2)cc1. The Labute approximate surface area is 115 Å². The second-order valence-corrected chi connectivity index (χ2v) is 4.60. The van der Waals surface area contributed by atoms with Crippen LogP contribution in [0.5, 0.6) is 5.75 Å². The van der Waals surface area contributed by atoms with E-state index >= 15 is 0 Å². The number of rotatable bonds is 4. The Balaban J connectivity index is 1.73. The normalized spacial score (nSPS) is 20.4. The van der Waals surface area contributed by atoms with Crippen molar-refractivity contribution < 1.29 is 14.4 Å². The van der Waals surface area contributed by atoms with E-state index in [1.165, 1.54) is 12.1 Å². The maximum Gasteiger partial charge on any atom is 0.269 e. The number of nitro groups is 1. The molecule has 2 aromatic carbocycles. The van der Waals surface area contributed by atoms with E-state index in [1.54, 1.807) is 19.2 Å². The van der Waals surface area contributed by atoms with E-state index in [0.29, 0.717) is 0 Å². The van der Waals surface area contributed by atoms with Crippen LogP contribution in [0.25, 0.3) is 0 Å². The monoisotopic (exact) mass is 271 g/mol. The van der Waals surface area contributed by atoms with Gasteiger partial charge < -0.3 is 9.47 Å². The van der Waals surface area contributed by atoms with E-state index in [4.69, 9.17) is 9.47 Å². The first-order valence-electron chi connectivity index (χ1n) is 6.23. The topological polar surface area (TPSA) is 64.9 Å². The molecule has 0 unspecified atom stereocenters. The molecule has 0 aliphatic carbocycles. The maximum atomic E-state index is 10.6. The number of non-ortho nitro benzene ring substituents is 1. The lowest BCUT2D eigenvalue weighted by molar-refractivity contribution is -0.384. The first-order valence-corrected chi connectivity index (χ1v) is 6.23. The molecule has 5 nitrogen and oxygen atoms in total. The van der Waals surface area contributed by atoms with Crippen molar-refractivity contribution in [1.29, 1.82) is 0 Å². The van der Waals surface area contributed by atoms with Gasteiger partial charge in [0.05, 0.1) is 12.0 Å². The fraction of sp³-hybridized carbons (Fsp3) is 0.200. The minimum atomic E-state index is -0.404. The molecule has 3 rings (SSSR count).